The zero-order valence-electron chi connectivity index (χ0n) is 12.7. The smallest absolute Gasteiger partial charge is 0.194 e. The van der Waals surface area contributed by atoms with Gasteiger partial charge in [0.05, 0.1) is 5.57 Å². The molecule has 0 aromatic carbocycles. The van der Waals surface area contributed by atoms with Crippen LogP contribution in [0.3, 0.4) is 0 Å². The summed E-state index contributed by atoms with van der Waals surface area (Å²) in [6, 6.07) is 0. The number of thioether (sulfide) groups is 1. The van der Waals surface area contributed by atoms with Crippen LogP contribution >= 0.6 is 36.2 Å². The van der Waals surface area contributed by atoms with Crippen LogP contribution < -0.4 is 0 Å². The van der Waals surface area contributed by atoms with Gasteiger partial charge in [0, 0.05) is 5.75 Å². The lowest BCUT2D eigenvalue weighted by Crippen LogP contribution is -2.01. The standard InChI is InChI=1S/C16H28OS3/c1-2-3-4-5-6-7-8-9-10-11-12-20-14-15(13-18)16(17)19/h2-12,14H2,1H3,(H,17,19). The van der Waals surface area contributed by atoms with E-state index in [1.807, 2.05) is 0 Å². The molecule has 0 heterocycles. The average molecular weight is 333 g/mol. The fourth-order valence-electron chi connectivity index (χ4n) is 2.00. The molecule has 0 unspecified atom stereocenters. The molecule has 0 rings (SSSR count). The molecule has 0 fully saturated rings. The summed E-state index contributed by atoms with van der Waals surface area (Å²) in [5.41, 5.74) is 0.590. The topological polar surface area (TPSA) is 20.2 Å². The van der Waals surface area contributed by atoms with Gasteiger partial charge in [-0.15, -0.1) is 0 Å². The maximum Gasteiger partial charge on any atom is 0.194 e. The van der Waals surface area contributed by atoms with Crippen molar-refractivity contribution in [2.45, 2.75) is 71.1 Å². The molecular formula is C16H28OS3. The van der Waals surface area contributed by atoms with Crippen molar-refractivity contribution in [2.24, 2.45) is 0 Å². The summed E-state index contributed by atoms with van der Waals surface area (Å²) < 4.78 is 0. The lowest BCUT2D eigenvalue weighted by atomic mass is 10.1. The Morgan fingerprint density at radius 1 is 0.950 bits per heavy atom. The van der Waals surface area contributed by atoms with Crippen molar-refractivity contribution in [1.82, 2.24) is 0 Å². The molecule has 0 aromatic heterocycles. The van der Waals surface area contributed by atoms with E-state index in [1.165, 1.54) is 64.2 Å². The van der Waals surface area contributed by atoms with Crippen molar-refractivity contribution >= 4 is 46.3 Å². The highest BCUT2D eigenvalue weighted by atomic mass is 32.2. The number of rotatable bonds is 14. The van der Waals surface area contributed by atoms with Crippen LogP contribution in [0.4, 0.5) is 0 Å². The monoisotopic (exact) mass is 332 g/mol. The van der Waals surface area contributed by atoms with Crippen LogP contribution in [-0.2, 0) is 0 Å². The molecule has 0 aliphatic rings. The molecule has 0 saturated heterocycles. The van der Waals surface area contributed by atoms with Crippen molar-refractivity contribution in [1.29, 1.82) is 0 Å². The fraction of sp³-hybridized carbons (Fsp3) is 0.812. The van der Waals surface area contributed by atoms with Crippen LogP contribution in [0.2, 0.25) is 0 Å². The minimum atomic E-state index is -0.101. The van der Waals surface area contributed by atoms with Crippen molar-refractivity contribution in [3.05, 3.63) is 5.57 Å². The van der Waals surface area contributed by atoms with Crippen LogP contribution in [0, 0.1) is 0 Å². The first-order valence-electron chi connectivity index (χ1n) is 7.77. The molecule has 1 nitrogen and oxygen atoms in total. The van der Waals surface area contributed by atoms with Crippen molar-refractivity contribution in [3.63, 3.8) is 0 Å². The minimum absolute atomic E-state index is 0.101. The second-order valence-electron chi connectivity index (χ2n) is 5.12. The minimum Gasteiger partial charge on any atom is -0.498 e. The second kappa shape index (κ2) is 15.5. The zero-order chi connectivity index (χ0) is 15.1. The molecule has 0 aromatic rings. The fourth-order valence-corrected chi connectivity index (χ4v) is 3.51. The van der Waals surface area contributed by atoms with E-state index in [0.29, 0.717) is 11.3 Å². The van der Waals surface area contributed by atoms with Crippen LogP contribution in [0.15, 0.2) is 5.57 Å². The molecule has 20 heavy (non-hydrogen) atoms. The molecule has 0 amide bonds. The Morgan fingerprint density at radius 2 is 1.45 bits per heavy atom. The molecule has 0 bridgehead atoms. The molecule has 0 aliphatic heterocycles. The number of aliphatic hydroxyl groups is 1. The summed E-state index contributed by atoms with van der Waals surface area (Å²) in [5, 5.41) is 11.6. The van der Waals surface area contributed by atoms with Gasteiger partial charge in [0.15, 0.2) is 5.05 Å². The van der Waals surface area contributed by atoms with E-state index in [1.54, 1.807) is 11.8 Å². The van der Waals surface area contributed by atoms with Gasteiger partial charge in [-0.1, -0.05) is 64.7 Å². The third-order valence-electron chi connectivity index (χ3n) is 3.27. The zero-order valence-corrected chi connectivity index (χ0v) is 15.1. The number of unbranched alkanes of at least 4 members (excludes halogenated alkanes) is 9. The largest absolute Gasteiger partial charge is 0.498 e. The molecule has 0 radical (unpaired) electrons. The number of hydrogen-bond acceptors (Lipinski definition) is 3. The first-order valence-corrected chi connectivity index (χ1v) is 9.74. The Labute approximate surface area is 139 Å². The third kappa shape index (κ3) is 13.1. The van der Waals surface area contributed by atoms with Crippen LogP contribution in [0.1, 0.15) is 71.1 Å². The number of hydrogen-bond donors (Lipinski definition) is 1. The van der Waals surface area contributed by atoms with E-state index < -0.39 is 0 Å². The van der Waals surface area contributed by atoms with Crippen molar-refractivity contribution in [3.8, 4) is 0 Å². The van der Waals surface area contributed by atoms with E-state index in [0.717, 1.165) is 5.75 Å². The van der Waals surface area contributed by atoms with E-state index >= 15 is 0 Å². The predicted molar refractivity (Wildman–Crippen MR) is 101 cm³/mol. The van der Waals surface area contributed by atoms with E-state index in [-0.39, 0.29) is 5.05 Å². The highest BCUT2D eigenvalue weighted by molar-refractivity contribution is 7.99. The SMILES string of the molecule is CCCCCCCCCCCCSCC(=C=S)C(O)=S. The molecule has 0 saturated carbocycles. The Kier molecular flexibility index (Phi) is 15.6. The highest BCUT2D eigenvalue weighted by Crippen LogP contribution is 2.13. The summed E-state index contributed by atoms with van der Waals surface area (Å²) in [7, 11) is 0. The van der Waals surface area contributed by atoms with E-state index in [9.17, 15) is 0 Å². The quantitative estimate of drug-likeness (QED) is 0.237. The lowest BCUT2D eigenvalue weighted by Gasteiger charge is -2.03. The van der Waals surface area contributed by atoms with Crippen molar-refractivity contribution in [2.75, 3.05) is 11.5 Å². The Bertz CT molecular complexity index is 296. The second-order valence-corrected chi connectivity index (χ2v) is 6.82. The Hall–Kier alpha value is 0.110. The maximum atomic E-state index is 9.14. The summed E-state index contributed by atoms with van der Waals surface area (Å²) in [6.07, 6.45) is 13.6. The third-order valence-corrected chi connectivity index (χ3v) is 4.83. The molecular weight excluding hydrogens is 304 g/mol. The first kappa shape index (κ1) is 20.1. The lowest BCUT2D eigenvalue weighted by molar-refractivity contribution is 0.563. The summed E-state index contributed by atoms with van der Waals surface area (Å²) in [6.45, 7) is 2.26. The van der Waals surface area contributed by atoms with Gasteiger partial charge in [-0.3, -0.25) is 0 Å². The van der Waals surface area contributed by atoms with Crippen LogP contribution in [0.25, 0.3) is 0 Å². The first-order chi connectivity index (χ1) is 9.72. The molecule has 4 heteroatoms. The van der Waals surface area contributed by atoms with Gasteiger partial charge >= 0.3 is 0 Å². The average Bonchev–Trinajstić information content (AvgIpc) is 2.43. The highest BCUT2D eigenvalue weighted by Gasteiger charge is 2.02. The molecule has 116 valence electrons. The molecule has 1 N–H and O–H groups in total. The van der Waals surface area contributed by atoms with Gasteiger partial charge in [-0.05, 0) is 41.6 Å². The number of thiocarbonyl (C=S) groups is 2. The van der Waals surface area contributed by atoms with Gasteiger partial charge in [0.25, 0.3) is 0 Å². The van der Waals surface area contributed by atoms with Gasteiger partial charge in [0.1, 0.15) is 0 Å². The van der Waals surface area contributed by atoms with Gasteiger partial charge in [-0.25, -0.2) is 0 Å². The van der Waals surface area contributed by atoms with Gasteiger partial charge < -0.3 is 5.11 Å². The van der Waals surface area contributed by atoms with Gasteiger partial charge in [0.2, 0.25) is 0 Å². The van der Waals surface area contributed by atoms with Crippen LogP contribution in [0.5, 0.6) is 0 Å². The summed E-state index contributed by atoms with van der Waals surface area (Å²) in [5.74, 6) is 1.80. The maximum absolute atomic E-state index is 9.14. The summed E-state index contributed by atoms with van der Waals surface area (Å²) in [4.78, 5) is 0. The molecule has 0 spiro atoms. The van der Waals surface area contributed by atoms with E-state index in [4.69, 9.17) is 5.11 Å². The Balaban J connectivity index is 3.21. The Morgan fingerprint density at radius 3 is 1.90 bits per heavy atom. The summed E-state index contributed by atoms with van der Waals surface area (Å²) >= 11 is 11.1. The number of aliphatic hydroxyl groups excluding tert-OH is 1. The van der Waals surface area contributed by atoms with E-state index in [2.05, 4.69) is 36.4 Å². The molecule has 0 atom stereocenters. The van der Waals surface area contributed by atoms with Crippen LogP contribution in [-0.4, -0.2) is 26.7 Å². The molecule has 0 aliphatic carbocycles. The van der Waals surface area contributed by atoms with Gasteiger partial charge in [-0.2, -0.15) is 11.8 Å². The predicted octanol–water partition coefficient (Wildman–Crippen LogP) is 6.05. The normalized spacial score (nSPS) is 10.2. The van der Waals surface area contributed by atoms with Crippen molar-refractivity contribution < 1.29 is 5.11 Å².